The van der Waals surface area contributed by atoms with E-state index < -0.39 is 19.2 Å². The van der Waals surface area contributed by atoms with Gasteiger partial charge in [0.15, 0.2) is 11.5 Å². The van der Waals surface area contributed by atoms with Crippen LogP contribution in [-0.4, -0.2) is 26.9 Å². The summed E-state index contributed by atoms with van der Waals surface area (Å²) >= 11 is 0. The Kier molecular flexibility index (Phi) is 5.47. The summed E-state index contributed by atoms with van der Waals surface area (Å²) < 4.78 is 46.3. The minimum Gasteiger partial charge on any atom is -0.493 e. The zero-order chi connectivity index (χ0) is 14.5. The molecule has 0 aliphatic carbocycles. The summed E-state index contributed by atoms with van der Waals surface area (Å²) in [7, 11) is 3.28. The zero-order valence-electron chi connectivity index (χ0n) is 11.2. The molecule has 0 saturated carbocycles. The average Bonchev–Trinajstić information content (AvgIpc) is 2.36. The number of ether oxygens (including phenoxy) is 2. The first-order valence-corrected chi connectivity index (χ1v) is 5.92. The second-order valence-corrected chi connectivity index (χ2v) is 4.13. The lowest BCUT2D eigenvalue weighted by Gasteiger charge is -2.15. The fourth-order valence-electron chi connectivity index (χ4n) is 1.52. The summed E-state index contributed by atoms with van der Waals surface area (Å²) in [5, 5.41) is 3.07. The number of alkyl halides is 3. The van der Waals surface area contributed by atoms with Crippen LogP contribution in [0.15, 0.2) is 18.2 Å². The molecule has 1 atom stereocenters. The predicted octanol–water partition coefficient (Wildman–Crippen LogP) is 3.31. The topological polar surface area (TPSA) is 30.5 Å². The van der Waals surface area contributed by atoms with Gasteiger partial charge in [-0.2, -0.15) is 13.2 Å². The molecule has 1 aromatic rings. The van der Waals surface area contributed by atoms with Crippen LogP contribution in [0.1, 0.15) is 24.9 Å². The highest BCUT2D eigenvalue weighted by Gasteiger charge is 2.27. The monoisotopic (exact) mass is 277 g/mol. The summed E-state index contributed by atoms with van der Waals surface area (Å²) in [6, 6.07) is 5.30. The quantitative estimate of drug-likeness (QED) is 0.865. The van der Waals surface area contributed by atoms with E-state index in [4.69, 9.17) is 9.47 Å². The predicted molar refractivity (Wildman–Crippen MR) is 66.6 cm³/mol. The lowest BCUT2D eigenvalue weighted by atomic mass is 10.1. The molecule has 1 unspecified atom stereocenters. The third kappa shape index (κ3) is 4.98. The molecule has 3 nitrogen and oxygen atoms in total. The molecule has 0 bridgehead atoms. The van der Waals surface area contributed by atoms with Crippen LogP contribution < -0.4 is 14.8 Å². The molecule has 0 spiro atoms. The van der Waals surface area contributed by atoms with Crippen molar-refractivity contribution in [1.29, 1.82) is 0 Å². The zero-order valence-corrected chi connectivity index (χ0v) is 11.2. The standard InChI is InChI=1S/C13H18F3NO2/c1-9(17-2)10-4-5-11(12(8-10)18-3)19-7-6-13(14,15)16/h4-5,8-9,17H,6-7H2,1-3H3. The Morgan fingerprint density at radius 3 is 2.47 bits per heavy atom. The first kappa shape index (κ1) is 15.6. The van der Waals surface area contributed by atoms with E-state index in [1.807, 2.05) is 14.0 Å². The highest BCUT2D eigenvalue weighted by atomic mass is 19.4. The molecule has 6 heteroatoms. The van der Waals surface area contributed by atoms with Crippen LogP contribution in [0, 0.1) is 0 Å². The maximum absolute atomic E-state index is 12.0. The van der Waals surface area contributed by atoms with Gasteiger partial charge in [-0.3, -0.25) is 0 Å². The number of methoxy groups -OCH3 is 1. The molecule has 0 saturated heterocycles. The van der Waals surface area contributed by atoms with Crippen molar-refractivity contribution in [3.05, 3.63) is 23.8 Å². The van der Waals surface area contributed by atoms with Gasteiger partial charge in [-0.15, -0.1) is 0 Å². The normalized spacial score (nSPS) is 13.2. The molecular formula is C13H18F3NO2. The number of hydrogen-bond acceptors (Lipinski definition) is 3. The van der Waals surface area contributed by atoms with Crippen LogP contribution in [0.4, 0.5) is 13.2 Å². The van der Waals surface area contributed by atoms with Gasteiger partial charge in [0.2, 0.25) is 0 Å². The fourth-order valence-corrected chi connectivity index (χ4v) is 1.52. The molecule has 1 N–H and O–H groups in total. The third-order valence-corrected chi connectivity index (χ3v) is 2.76. The van der Waals surface area contributed by atoms with Crippen LogP contribution >= 0.6 is 0 Å². The molecule has 108 valence electrons. The molecule has 0 heterocycles. The second kappa shape index (κ2) is 6.65. The molecule has 0 fully saturated rings. The minimum absolute atomic E-state index is 0.123. The summed E-state index contributed by atoms with van der Waals surface area (Å²) in [4.78, 5) is 0. The lowest BCUT2D eigenvalue weighted by molar-refractivity contribution is -0.139. The Balaban J connectivity index is 2.73. The average molecular weight is 277 g/mol. The van der Waals surface area contributed by atoms with Crippen molar-refractivity contribution in [3.63, 3.8) is 0 Å². The SMILES string of the molecule is CNC(C)c1ccc(OCCC(F)(F)F)c(OC)c1. The molecule has 0 aliphatic heterocycles. The van der Waals surface area contributed by atoms with Gasteiger partial charge in [-0.1, -0.05) is 6.07 Å². The van der Waals surface area contributed by atoms with E-state index in [0.29, 0.717) is 11.5 Å². The van der Waals surface area contributed by atoms with Gasteiger partial charge in [0.1, 0.15) is 0 Å². The molecule has 1 rings (SSSR count). The Hall–Kier alpha value is -1.43. The van der Waals surface area contributed by atoms with Crippen molar-refractivity contribution in [3.8, 4) is 11.5 Å². The molecule has 0 aromatic heterocycles. The maximum atomic E-state index is 12.0. The van der Waals surface area contributed by atoms with Gasteiger partial charge >= 0.3 is 6.18 Å². The van der Waals surface area contributed by atoms with Gasteiger partial charge in [0.05, 0.1) is 20.1 Å². The molecule has 0 radical (unpaired) electrons. The van der Waals surface area contributed by atoms with Crippen LogP contribution in [0.5, 0.6) is 11.5 Å². The molecule has 0 amide bonds. The van der Waals surface area contributed by atoms with E-state index in [9.17, 15) is 13.2 Å². The van der Waals surface area contributed by atoms with Crippen LogP contribution in [0.3, 0.4) is 0 Å². The van der Waals surface area contributed by atoms with E-state index in [2.05, 4.69) is 5.32 Å². The largest absolute Gasteiger partial charge is 0.493 e. The first-order valence-electron chi connectivity index (χ1n) is 5.92. The van der Waals surface area contributed by atoms with Crippen molar-refractivity contribution >= 4 is 0 Å². The van der Waals surface area contributed by atoms with E-state index in [-0.39, 0.29) is 6.04 Å². The summed E-state index contributed by atoms with van der Waals surface area (Å²) in [6.45, 7) is 1.56. The van der Waals surface area contributed by atoms with Gasteiger partial charge in [0.25, 0.3) is 0 Å². The van der Waals surface area contributed by atoms with Gasteiger partial charge in [-0.05, 0) is 31.7 Å². The van der Waals surface area contributed by atoms with Crippen LogP contribution in [-0.2, 0) is 0 Å². The van der Waals surface area contributed by atoms with Crippen LogP contribution in [0.2, 0.25) is 0 Å². The van der Waals surface area contributed by atoms with Gasteiger partial charge in [-0.25, -0.2) is 0 Å². The van der Waals surface area contributed by atoms with Crippen molar-refractivity contribution in [2.75, 3.05) is 20.8 Å². The lowest BCUT2D eigenvalue weighted by Crippen LogP contribution is -2.14. The minimum atomic E-state index is -4.21. The van der Waals surface area contributed by atoms with Crippen molar-refractivity contribution < 1.29 is 22.6 Å². The second-order valence-electron chi connectivity index (χ2n) is 4.13. The summed E-state index contributed by atoms with van der Waals surface area (Å²) in [6.07, 6.45) is -5.20. The van der Waals surface area contributed by atoms with E-state index in [1.165, 1.54) is 7.11 Å². The summed E-state index contributed by atoms with van der Waals surface area (Å²) in [5.74, 6) is 0.751. The fraction of sp³-hybridized carbons (Fsp3) is 0.538. The Morgan fingerprint density at radius 1 is 1.26 bits per heavy atom. The van der Waals surface area contributed by atoms with Crippen molar-refractivity contribution in [1.82, 2.24) is 5.32 Å². The number of benzene rings is 1. The highest BCUT2D eigenvalue weighted by Crippen LogP contribution is 2.31. The number of hydrogen-bond donors (Lipinski definition) is 1. The Bertz CT molecular complexity index is 407. The maximum Gasteiger partial charge on any atom is 0.392 e. The van der Waals surface area contributed by atoms with Crippen LogP contribution in [0.25, 0.3) is 0 Å². The highest BCUT2D eigenvalue weighted by molar-refractivity contribution is 5.43. The summed E-state index contributed by atoms with van der Waals surface area (Å²) in [5.41, 5.74) is 0.975. The molecule has 0 aliphatic rings. The van der Waals surface area contributed by atoms with Gasteiger partial charge in [0, 0.05) is 6.04 Å². The third-order valence-electron chi connectivity index (χ3n) is 2.76. The van der Waals surface area contributed by atoms with Gasteiger partial charge < -0.3 is 14.8 Å². The smallest absolute Gasteiger partial charge is 0.392 e. The molecule has 1 aromatic carbocycles. The van der Waals surface area contributed by atoms with Crippen molar-refractivity contribution in [2.45, 2.75) is 25.6 Å². The number of nitrogens with one attached hydrogen (secondary N) is 1. The Labute approximate surface area is 110 Å². The first-order chi connectivity index (χ1) is 8.87. The number of halogens is 3. The Morgan fingerprint density at radius 2 is 1.95 bits per heavy atom. The van der Waals surface area contributed by atoms with Crippen molar-refractivity contribution in [2.24, 2.45) is 0 Å². The van der Waals surface area contributed by atoms with E-state index in [1.54, 1.807) is 18.2 Å². The molecular weight excluding hydrogens is 259 g/mol. The van der Waals surface area contributed by atoms with E-state index >= 15 is 0 Å². The van der Waals surface area contributed by atoms with E-state index in [0.717, 1.165) is 5.56 Å². The molecule has 19 heavy (non-hydrogen) atoms. The number of rotatable bonds is 6.